The SMILES string of the molecule is COc1ccc2c(c1OC)CCC2C(=O)Nc1cc2cc(C3=CCN=C3)ccc2cn1. The Morgan fingerprint density at radius 3 is 2.77 bits per heavy atom. The Kier molecular flexibility index (Phi) is 4.90. The summed E-state index contributed by atoms with van der Waals surface area (Å²) >= 11 is 0. The predicted octanol–water partition coefficient (Wildman–Crippen LogP) is 4.39. The molecule has 0 fully saturated rings. The number of hydrogen-bond acceptors (Lipinski definition) is 5. The third-order valence-corrected chi connectivity index (χ3v) is 6.01. The van der Waals surface area contributed by atoms with Crippen molar-refractivity contribution < 1.29 is 14.3 Å². The maximum absolute atomic E-state index is 13.1. The second kappa shape index (κ2) is 7.87. The largest absolute Gasteiger partial charge is 0.493 e. The first-order valence-electron chi connectivity index (χ1n) is 10.3. The topological polar surface area (TPSA) is 72.8 Å². The third kappa shape index (κ3) is 3.44. The predicted molar refractivity (Wildman–Crippen MR) is 122 cm³/mol. The second-order valence-electron chi connectivity index (χ2n) is 7.73. The van der Waals surface area contributed by atoms with Crippen LogP contribution in [-0.4, -0.2) is 37.9 Å². The molecular weight excluding hydrogens is 390 g/mol. The molecule has 6 nitrogen and oxygen atoms in total. The highest BCUT2D eigenvalue weighted by Crippen LogP contribution is 2.43. The van der Waals surface area contributed by atoms with Gasteiger partial charge in [0.25, 0.3) is 0 Å². The lowest BCUT2D eigenvalue weighted by molar-refractivity contribution is -0.117. The summed E-state index contributed by atoms with van der Waals surface area (Å²) < 4.78 is 10.9. The number of aromatic nitrogens is 1. The first-order valence-corrected chi connectivity index (χ1v) is 10.3. The summed E-state index contributed by atoms with van der Waals surface area (Å²) in [6.07, 6.45) is 7.30. The highest BCUT2D eigenvalue weighted by Gasteiger charge is 2.32. The van der Waals surface area contributed by atoms with Gasteiger partial charge in [0.2, 0.25) is 5.91 Å². The summed E-state index contributed by atoms with van der Waals surface area (Å²) in [4.78, 5) is 21.8. The zero-order chi connectivity index (χ0) is 21.4. The molecule has 0 saturated heterocycles. The zero-order valence-electron chi connectivity index (χ0n) is 17.5. The van der Waals surface area contributed by atoms with Crippen molar-refractivity contribution in [2.45, 2.75) is 18.8 Å². The minimum absolute atomic E-state index is 0.0559. The van der Waals surface area contributed by atoms with Crippen molar-refractivity contribution in [2.75, 3.05) is 26.1 Å². The van der Waals surface area contributed by atoms with Crippen molar-refractivity contribution in [2.24, 2.45) is 4.99 Å². The van der Waals surface area contributed by atoms with Crippen molar-refractivity contribution in [1.82, 2.24) is 4.98 Å². The van der Waals surface area contributed by atoms with Crippen molar-refractivity contribution in [3.63, 3.8) is 0 Å². The number of pyridine rings is 1. The van der Waals surface area contributed by atoms with Crippen LogP contribution < -0.4 is 14.8 Å². The van der Waals surface area contributed by atoms with E-state index in [0.29, 0.717) is 11.6 Å². The van der Waals surface area contributed by atoms with Crippen LogP contribution in [0.1, 0.15) is 29.0 Å². The Hall–Kier alpha value is -3.67. The van der Waals surface area contributed by atoms with Crippen LogP contribution in [0.4, 0.5) is 5.82 Å². The van der Waals surface area contributed by atoms with Crippen molar-refractivity contribution >= 4 is 34.3 Å². The number of methoxy groups -OCH3 is 2. The normalized spacial score (nSPS) is 16.8. The molecule has 1 amide bonds. The molecule has 1 aromatic heterocycles. The molecule has 1 atom stereocenters. The molecular formula is C25H23N3O3. The summed E-state index contributed by atoms with van der Waals surface area (Å²) in [6, 6.07) is 12.0. The Labute approximate surface area is 180 Å². The van der Waals surface area contributed by atoms with E-state index in [1.807, 2.05) is 30.5 Å². The Bertz CT molecular complexity index is 1250. The molecule has 0 saturated carbocycles. The molecule has 0 bridgehead atoms. The molecule has 5 rings (SSSR count). The van der Waals surface area contributed by atoms with Crippen LogP contribution in [0.5, 0.6) is 11.5 Å². The van der Waals surface area contributed by atoms with Gasteiger partial charge in [0.15, 0.2) is 11.5 Å². The molecule has 156 valence electrons. The smallest absolute Gasteiger partial charge is 0.233 e. The second-order valence-corrected chi connectivity index (χ2v) is 7.73. The van der Waals surface area contributed by atoms with E-state index in [2.05, 4.69) is 33.5 Å². The van der Waals surface area contributed by atoms with Gasteiger partial charge in [0, 0.05) is 23.4 Å². The average Bonchev–Trinajstić information content (AvgIpc) is 3.48. The van der Waals surface area contributed by atoms with Crippen LogP contribution in [0.25, 0.3) is 16.3 Å². The summed E-state index contributed by atoms with van der Waals surface area (Å²) in [6.45, 7) is 0.727. The van der Waals surface area contributed by atoms with Gasteiger partial charge in [-0.1, -0.05) is 24.3 Å². The van der Waals surface area contributed by atoms with E-state index in [1.165, 1.54) is 0 Å². The van der Waals surface area contributed by atoms with Crippen molar-refractivity contribution in [3.8, 4) is 11.5 Å². The van der Waals surface area contributed by atoms with Gasteiger partial charge in [-0.05, 0) is 53.1 Å². The van der Waals surface area contributed by atoms with Gasteiger partial charge >= 0.3 is 0 Å². The number of amides is 1. The number of allylic oxidation sites excluding steroid dienone is 1. The minimum Gasteiger partial charge on any atom is -0.493 e. The Morgan fingerprint density at radius 1 is 1.10 bits per heavy atom. The van der Waals surface area contributed by atoms with Crippen LogP contribution >= 0.6 is 0 Å². The fourth-order valence-corrected chi connectivity index (χ4v) is 4.46. The van der Waals surface area contributed by atoms with Gasteiger partial charge in [-0.2, -0.15) is 0 Å². The molecule has 3 aromatic rings. The Morgan fingerprint density at radius 2 is 2.00 bits per heavy atom. The number of benzene rings is 2. The first kappa shape index (κ1) is 19.3. The van der Waals surface area contributed by atoms with Gasteiger partial charge in [0.1, 0.15) is 5.82 Å². The van der Waals surface area contributed by atoms with E-state index in [0.717, 1.165) is 58.2 Å². The molecule has 6 heteroatoms. The molecule has 2 aliphatic rings. The summed E-state index contributed by atoms with van der Waals surface area (Å²) in [7, 11) is 3.25. The molecule has 2 heterocycles. The number of hydrogen-bond donors (Lipinski definition) is 1. The number of nitrogens with one attached hydrogen (secondary N) is 1. The zero-order valence-corrected chi connectivity index (χ0v) is 17.5. The number of nitrogens with zero attached hydrogens (tertiary/aromatic N) is 2. The molecule has 31 heavy (non-hydrogen) atoms. The fraction of sp³-hybridized carbons (Fsp3) is 0.240. The summed E-state index contributed by atoms with van der Waals surface area (Å²) in [5.41, 5.74) is 4.27. The van der Waals surface area contributed by atoms with Gasteiger partial charge in [-0.25, -0.2) is 4.98 Å². The standard InChI is InChI=1S/C25H23N3O3/c1-30-22-8-7-19-20(24(22)31-2)5-6-21(19)25(29)28-23-12-18-11-15(17-9-10-26-13-17)3-4-16(18)14-27-23/h3-4,7-9,11-14,21H,5-6,10H2,1-2H3,(H,27,28,29). The molecule has 1 unspecified atom stereocenters. The number of aliphatic imine (C=N–C) groups is 1. The van der Waals surface area contributed by atoms with Crippen LogP contribution in [-0.2, 0) is 11.2 Å². The number of rotatable bonds is 5. The van der Waals surface area contributed by atoms with Gasteiger partial charge in [0.05, 0.1) is 26.7 Å². The maximum Gasteiger partial charge on any atom is 0.233 e. The molecule has 1 N–H and O–H groups in total. The van der Waals surface area contributed by atoms with E-state index in [1.54, 1.807) is 20.4 Å². The molecule has 0 radical (unpaired) electrons. The van der Waals surface area contributed by atoms with Crippen molar-refractivity contribution in [3.05, 3.63) is 65.4 Å². The minimum atomic E-state index is -0.238. The van der Waals surface area contributed by atoms with E-state index in [-0.39, 0.29) is 11.8 Å². The number of fused-ring (bicyclic) bond motifs is 2. The maximum atomic E-state index is 13.1. The quantitative estimate of drug-likeness (QED) is 0.673. The first-order chi connectivity index (χ1) is 15.2. The fourth-order valence-electron chi connectivity index (χ4n) is 4.46. The number of ether oxygens (including phenoxy) is 2. The van der Waals surface area contributed by atoms with Crippen LogP contribution in [0.3, 0.4) is 0 Å². The summed E-state index contributed by atoms with van der Waals surface area (Å²) in [5, 5.41) is 5.07. The highest BCUT2D eigenvalue weighted by molar-refractivity contribution is 6.12. The van der Waals surface area contributed by atoms with Crippen LogP contribution in [0.15, 0.2) is 53.7 Å². The van der Waals surface area contributed by atoms with Crippen molar-refractivity contribution in [1.29, 1.82) is 0 Å². The highest BCUT2D eigenvalue weighted by atomic mass is 16.5. The van der Waals surface area contributed by atoms with Gasteiger partial charge in [-0.15, -0.1) is 0 Å². The van der Waals surface area contributed by atoms with E-state index < -0.39 is 0 Å². The third-order valence-electron chi connectivity index (χ3n) is 6.01. The van der Waals surface area contributed by atoms with Crippen LogP contribution in [0.2, 0.25) is 0 Å². The molecule has 0 spiro atoms. The lowest BCUT2D eigenvalue weighted by atomic mass is 9.99. The number of carbonyl (C=O) groups is 1. The molecule has 1 aliphatic heterocycles. The van der Waals surface area contributed by atoms with Crippen LogP contribution in [0, 0.1) is 0 Å². The number of carbonyl (C=O) groups excluding carboxylic acids is 1. The molecule has 2 aromatic carbocycles. The monoisotopic (exact) mass is 413 g/mol. The Balaban J connectivity index is 1.40. The summed E-state index contributed by atoms with van der Waals surface area (Å²) in [5.74, 6) is 1.67. The van der Waals surface area contributed by atoms with E-state index >= 15 is 0 Å². The lowest BCUT2D eigenvalue weighted by Crippen LogP contribution is -2.20. The average molecular weight is 413 g/mol. The van der Waals surface area contributed by atoms with Gasteiger partial charge in [-0.3, -0.25) is 9.79 Å². The van der Waals surface area contributed by atoms with Gasteiger partial charge < -0.3 is 14.8 Å². The van der Waals surface area contributed by atoms with E-state index in [9.17, 15) is 4.79 Å². The molecule has 1 aliphatic carbocycles. The lowest BCUT2D eigenvalue weighted by Gasteiger charge is -2.15. The van der Waals surface area contributed by atoms with E-state index in [4.69, 9.17) is 9.47 Å². The number of anilines is 1.